The van der Waals surface area contributed by atoms with Gasteiger partial charge >= 0.3 is 0 Å². The van der Waals surface area contributed by atoms with Crippen molar-refractivity contribution >= 4 is 0 Å². The Morgan fingerprint density at radius 1 is 1.44 bits per heavy atom. The number of aliphatic hydroxyl groups is 1. The summed E-state index contributed by atoms with van der Waals surface area (Å²) in [5.74, 6) is -0.367. The zero-order valence-electron chi connectivity index (χ0n) is 10.8. The summed E-state index contributed by atoms with van der Waals surface area (Å²) in [6, 6.07) is 4.79. The standard InChI is InChI=1S/C14H19FO3/c1-14(8-3-4-9-18-14)13(16)10-6-5-7-11(17-2)12(10)15/h5-7,13,16H,3-4,8-9H2,1-2H3. The number of aliphatic hydroxyl groups excluding tert-OH is 1. The second-order valence-corrected chi connectivity index (χ2v) is 4.88. The Morgan fingerprint density at radius 3 is 2.83 bits per heavy atom. The number of hydrogen-bond acceptors (Lipinski definition) is 3. The van der Waals surface area contributed by atoms with Crippen molar-refractivity contribution < 1.29 is 19.0 Å². The van der Waals surface area contributed by atoms with E-state index in [2.05, 4.69) is 0 Å². The molecule has 3 nitrogen and oxygen atoms in total. The van der Waals surface area contributed by atoms with Crippen LogP contribution in [-0.2, 0) is 4.74 Å². The van der Waals surface area contributed by atoms with Crippen molar-refractivity contribution in [1.29, 1.82) is 0 Å². The van der Waals surface area contributed by atoms with Crippen LogP contribution in [0.1, 0.15) is 37.9 Å². The Kier molecular flexibility index (Phi) is 3.88. The lowest BCUT2D eigenvalue weighted by atomic mass is 9.86. The highest BCUT2D eigenvalue weighted by Gasteiger charge is 2.38. The summed E-state index contributed by atoms with van der Waals surface area (Å²) in [4.78, 5) is 0. The highest BCUT2D eigenvalue weighted by Crippen LogP contribution is 2.38. The van der Waals surface area contributed by atoms with Gasteiger partial charge in [0, 0.05) is 12.2 Å². The van der Waals surface area contributed by atoms with Gasteiger partial charge in [0.2, 0.25) is 0 Å². The molecule has 0 spiro atoms. The molecule has 2 atom stereocenters. The number of halogens is 1. The van der Waals surface area contributed by atoms with E-state index in [9.17, 15) is 9.50 Å². The first-order valence-corrected chi connectivity index (χ1v) is 6.23. The quantitative estimate of drug-likeness (QED) is 0.901. The predicted octanol–water partition coefficient (Wildman–Crippen LogP) is 2.83. The highest BCUT2D eigenvalue weighted by atomic mass is 19.1. The minimum Gasteiger partial charge on any atom is -0.494 e. The van der Waals surface area contributed by atoms with Gasteiger partial charge in [-0.25, -0.2) is 4.39 Å². The molecule has 1 saturated heterocycles. The molecule has 0 radical (unpaired) electrons. The largest absolute Gasteiger partial charge is 0.494 e. The molecule has 1 aliphatic rings. The van der Waals surface area contributed by atoms with E-state index < -0.39 is 17.5 Å². The van der Waals surface area contributed by atoms with Crippen LogP contribution >= 0.6 is 0 Å². The molecule has 2 rings (SSSR count). The van der Waals surface area contributed by atoms with Crippen molar-refractivity contribution in [2.24, 2.45) is 0 Å². The number of rotatable bonds is 3. The molecule has 1 heterocycles. The monoisotopic (exact) mass is 254 g/mol. The van der Waals surface area contributed by atoms with Crippen LogP contribution in [0.5, 0.6) is 5.75 Å². The van der Waals surface area contributed by atoms with Crippen LogP contribution in [0.3, 0.4) is 0 Å². The maximum atomic E-state index is 14.1. The molecule has 18 heavy (non-hydrogen) atoms. The van der Waals surface area contributed by atoms with Gasteiger partial charge in [0.05, 0.1) is 12.7 Å². The molecule has 100 valence electrons. The molecule has 4 heteroatoms. The molecule has 0 bridgehead atoms. The van der Waals surface area contributed by atoms with E-state index >= 15 is 0 Å². The fourth-order valence-corrected chi connectivity index (χ4v) is 2.40. The molecule has 0 aliphatic carbocycles. The second-order valence-electron chi connectivity index (χ2n) is 4.88. The van der Waals surface area contributed by atoms with Crippen LogP contribution in [0.15, 0.2) is 18.2 Å². The predicted molar refractivity (Wildman–Crippen MR) is 66.1 cm³/mol. The zero-order valence-corrected chi connectivity index (χ0v) is 10.8. The van der Waals surface area contributed by atoms with Crippen molar-refractivity contribution in [1.82, 2.24) is 0 Å². The maximum Gasteiger partial charge on any atom is 0.170 e. The molecule has 1 fully saturated rings. The first kappa shape index (κ1) is 13.3. The molecule has 0 saturated carbocycles. The smallest absolute Gasteiger partial charge is 0.170 e. The van der Waals surface area contributed by atoms with Crippen LogP contribution in [0, 0.1) is 5.82 Å². The summed E-state index contributed by atoms with van der Waals surface area (Å²) in [6.07, 6.45) is 1.72. The molecule has 1 aromatic rings. The molecular formula is C14H19FO3. The lowest BCUT2D eigenvalue weighted by Crippen LogP contribution is -2.39. The third-order valence-electron chi connectivity index (χ3n) is 3.59. The first-order chi connectivity index (χ1) is 8.58. The summed E-state index contributed by atoms with van der Waals surface area (Å²) >= 11 is 0. The Bertz CT molecular complexity index is 414. The molecule has 2 unspecified atom stereocenters. The normalized spacial score (nSPS) is 25.8. The van der Waals surface area contributed by atoms with Crippen molar-refractivity contribution in [2.45, 2.75) is 37.9 Å². The summed E-state index contributed by atoms with van der Waals surface area (Å²) in [6.45, 7) is 2.44. The fraction of sp³-hybridized carbons (Fsp3) is 0.571. The van der Waals surface area contributed by atoms with Crippen LogP contribution in [0.4, 0.5) is 4.39 Å². The topological polar surface area (TPSA) is 38.7 Å². The molecule has 1 N–H and O–H groups in total. The first-order valence-electron chi connectivity index (χ1n) is 6.23. The average Bonchev–Trinajstić information content (AvgIpc) is 2.39. The number of benzene rings is 1. The van der Waals surface area contributed by atoms with Gasteiger partial charge in [-0.1, -0.05) is 12.1 Å². The highest BCUT2D eigenvalue weighted by molar-refractivity contribution is 5.33. The van der Waals surface area contributed by atoms with E-state index in [0.717, 1.165) is 19.3 Å². The van der Waals surface area contributed by atoms with Gasteiger partial charge in [0.15, 0.2) is 11.6 Å². The van der Waals surface area contributed by atoms with Crippen LogP contribution in [0.25, 0.3) is 0 Å². The minimum absolute atomic E-state index is 0.144. The molecule has 0 amide bonds. The minimum atomic E-state index is -0.979. The zero-order chi connectivity index (χ0) is 13.2. The molecule has 0 aromatic heterocycles. The summed E-state index contributed by atoms with van der Waals surface area (Å²) < 4.78 is 24.7. The van der Waals surface area contributed by atoms with Crippen molar-refractivity contribution in [3.05, 3.63) is 29.6 Å². The van der Waals surface area contributed by atoms with Crippen molar-refractivity contribution in [3.63, 3.8) is 0 Å². The van der Waals surface area contributed by atoms with Gasteiger partial charge in [0.1, 0.15) is 6.10 Å². The SMILES string of the molecule is COc1cccc(C(O)C2(C)CCCCO2)c1F. The number of hydrogen-bond donors (Lipinski definition) is 1. The Hall–Kier alpha value is -1.13. The van der Waals surface area contributed by atoms with Gasteiger partial charge < -0.3 is 14.6 Å². The number of ether oxygens (including phenoxy) is 2. The average molecular weight is 254 g/mol. The summed E-state index contributed by atoms with van der Waals surface area (Å²) in [5, 5.41) is 10.4. The lowest BCUT2D eigenvalue weighted by molar-refractivity contribution is -0.139. The van der Waals surface area contributed by atoms with E-state index in [1.54, 1.807) is 12.1 Å². The molecular weight excluding hydrogens is 235 g/mol. The van der Waals surface area contributed by atoms with Gasteiger partial charge in [-0.2, -0.15) is 0 Å². The van der Waals surface area contributed by atoms with Gasteiger partial charge in [-0.05, 0) is 32.3 Å². The van der Waals surface area contributed by atoms with Crippen LogP contribution < -0.4 is 4.74 Å². The van der Waals surface area contributed by atoms with E-state index in [1.807, 2.05) is 6.92 Å². The summed E-state index contributed by atoms with van der Waals surface area (Å²) in [5.41, 5.74) is -0.482. The van der Waals surface area contributed by atoms with Crippen LogP contribution in [0.2, 0.25) is 0 Å². The summed E-state index contributed by atoms with van der Waals surface area (Å²) in [7, 11) is 1.41. The van der Waals surface area contributed by atoms with Crippen LogP contribution in [-0.4, -0.2) is 24.4 Å². The van der Waals surface area contributed by atoms with Gasteiger partial charge in [-0.3, -0.25) is 0 Å². The lowest BCUT2D eigenvalue weighted by Gasteiger charge is -2.38. The molecule has 1 aromatic carbocycles. The Morgan fingerprint density at radius 2 is 2.22 bits per heavy atom. The van der Waals surface area contributed by atoms with E-state index in [0.29, 0.717) is 6.61 Å². The Labute approximate surface area is 107 Å². The van der Waals surface area contributed by atoms with E-state index in [-0.39, 0.29) is 11.3 Å². The maximum absolute atomic E-state index is 14.1. The second kappa shape index (κ2) is 5.24. The van der Waals surface area contributed by atoms with Crippen molar-refractivity contribution in [3.8, 4) is 5.75 Å². The number of methoxy groups -OCH3 is 1. The van der Waals surface area contributed by atoms with E-state index in [1.165, 1.54) is 13.2 Å². The van der Waals surface area contributed by atoms with Gasteiger partial charge in [0.25, 0.3) is 0 Å². The Balaban J connectivity index is 2.30. The molecule has 1 aliphatic heterocycles. The van der Waals surface area contributed by atoms with Crippen molar-refractivity contribution in [2.75, 3.05) is 13.7 Å². The van der Waals surface area contributed by atoms with E-state index in [4.69, 9.17) is 9.47 Å². The van der Waals surface area contributed by atoms with Gasteiger partial charge in [-0.15, -0.1) is 0 Å². The fourth-order valence-electron chi connectivity index (χ4n) is 2.40. The third-order valence-corrected chi connectivity index (χ3v) is 3.59. The third kappa shape index (κ3) is 2.35.